The van der Waals surface area contributed by atoms with Crippen LogP contribution in [-0.4, -0.2) is 40.8 Å². The minimum atomic E-state index is 0.414. The fraction of sp³-hybridized carbons (Fsp3) is 0.435. The Hall–Kier alpha value is -2.65. The number of hydrogen-bond acceptors (Lipinski definition) is 7. The van der Waals surface area contributed by atoms with Crippen LogP contribution in [0.2, 0.25) is 5.02 Å². The van der Waals surface area contributed by atoms with Gasteiger partial charge in [-0.1, -0.05) is 43.0 Å². The average Bonchev–Trinajstić information content (AvgIpc) is 3.40. The van der Waals surface area contributed by atoms with Gasteiger partial charge in [0.25, 0.3) is 5.78 Å². The maximum atomic E-state index is 6.27. The Labute approximate surface area is 202 Å². The Bertz CT molecular complexity index is 1290. The molecule has 8 nitrogen and oxygen atoms in total. The second-order valence-corrected chi connectivity index (χ2v) is 9.68. The highest BCUT2D eigenvalue weighted by atomic mass is 35.5. The Morgan fingerprint density at radius 2 is 1.91 bits per heavy atom. The molecule has 172 valence electrons. The van der Waals surface area contributed by atoms with Crippen molar-refractivity contribution in [1.82, 2.24) is 34.6 Å². The molecule has 4 aromatic rings. The van der Waals surface area contributed by atoms with Crippen molar-refractivity contribution in [1.29, 1.82) is 0 Å². The molecule has 1 fully saturated rings. The molecule has 10 heteroatoms. The van der Waals surface area contributed by atoms with Gasteiger partial charge in [-0.3, -0.25) is 0 Å². The van der Waals surface area contributed by atoms with E-state index in [1.807, 2.05) is 42.2 Å². The van der Waals surface area contributed by atoms with Crippen LogP contribution in [0.4, 0.5) is 5.95 Å². The second-order valence-electron chi connectivity index (χ2n) is 8.45. The topological polar surface area (TPSA) is 85.8 Å². The molecule has 0 spiro atoms. The highest BCUT2D eigenvalue weighted by Crippen LogP contribution is 2.31. The fourth-order valence-electron chi connectivity index (χ4n) is 4.44. The van der Waals surface area contributed by atoms with Crippen molar-refractivity contribution in [3.05, 3.63) is 46.2 Å². The first-order chi connectivity index (χ1) is 16.0. The van der Waals surface area contributed by atoms with Crippen LogP contribution in [0.3, 0.4) is 0 Å². The number of fused-ring (bicyclic) bond motifs is 1. The van der Waals surface area contributed by atoms with Crippen molar-refractivity contribution < 1.29 is 0 Å². The van der Waals surface area contributed by atoms with E-state index in [1.165, 1.54) is 19.3 Å². The van der Waals surface area contributed by atoms with E-state index < -0.39 is 0 Å². The smallest absolute Gasteiger partial charge is 0.255 e. The maximum absolute atomic E-state index is 6.27. The Morgan fingerprint density at radius 1 is 1.09 bits per heavy atom. The molecule has 0 aliphatic heterocycles. The van der Waals surface area contributed by atoms with Gasteiger partial charge >= 0.3 is 0 Å². The van der Waals surface area contributed by atoms with Crippen molar-refractivity contribution in [3.8, 4) is 11.3 Å². The lowest BCUT2D eigenvalue weighted by molar-refractivity contribution is 0.300. The van der Waals surface area contributed by atoms with Crippen LogP contribution in [0.5, 0.6) is 0 Å². The monoisotopic (exact) mass is 482 g/mol. The van der Waals surface area contributed by atoms with E-state index in [0.717, 1.165) is 46.1 Å². The maximum Gasteiger partial charge on any atom is 0.255 e. The summed E-state index contributed by atoms with van der Waals surface area (Å²) in [6.45, 7) is 4.57. The summed E-state index contributed by atoms with van der Waals surface area (Å²) < 4.78 is 1.79. The minimum absolute atomic E-state index is 0.414. The Morgan fingerprint density at radius 3 is 2.67 bits per heavy atom. The van der Waals surface area contributed by atoms with Crippen molar-refractivity contribution in [2.24, 2.45) is 0 Å². The fourth-order valence-corrected chi connectivity index (χ4v) is 5.21. The van der Waals surface area contributed by atoms with Gasteiger partial charge in [0.05, 0.1) is 24.0 Å². The standard InChI is InChI=1S/C23H27ClN8S/c1-14-20(16-8-7-9-17(24)12-16)31-23(26-21(14)33-3)27-22(30-31)25-13-19-15(2)28-32(29-19)18-10-5-4-6-11-18/h7-9,12,18H,4-6,10-11,13H2,1-3H3,(H,25,30). The van der Waals surface area contributed by atoms with Crippen LogP contribution >= 0.6 is 23.4 Å². The minimum Gasteiger partial charge on any atom is -0.347 e. The molecule has 33 heavy (non-hydrogen) atoms. The van der Waals surface area contributed by atoms with Crippen molar-refractivity contribution in [2.45, 2.75) is 63.6 Å². The third kappa shape index (κ3) is 4.44. The Balaban J connectivity index is 1.44. The number of thioether (sulfide) groups is 1. The van der Waals surface area contributed by atoms with Gasteiger partial charge in [-0.25, -0.2) is 4.98 Å². The lowest BCUT2D eigenvalue weighted by Gasteiger charge is -2.20. The predicted molar refractivity (Wildman–Crippen MR) is 132 cm³/mol. The van der Waals surface area contributed by atoms with Crippen molar-refractivity contribution in [3.63, 3.8) is 0 Å². The molecule has 1 saturated carbocycles. The van der Waals surface area contributed by atoms with Gasteiger partial charge in [0.2, 0.25) is 5.95 Å². The summed E-state index contributed by atoms with van der Waals surface area (Å²) in [5.74, 6) is 1.06. The van der Waals surface area contributed by atoms with Gasteiger partial charge in [0.1, 0.15) is 10.7 Å². The molecular weight excluding hydrogens is 456 g/mol. The summed E-state index contributed by atoms with van der Waals surface area (Å²) in [5, 5.41) is 19.1. The molecule has 1 aromatic carbocycles. The quantitative estimate of drug-likeness (QED) is 0.287. The van der Waals surface area contributed by atoms with Gasteiger partial charge in [-0.15, -0.1) is 16.9 Å². The van der Waals surface area contributed by atoms with E-state index in [4.69, 9.17) is 26.8 Å². The molecule has 3 aromatic heterocycles. The first-order valence-corrected chi connectivity index (χ1v) is 12.9. The summed E-state index contributed by atoms with van der Waals surface area (Å²) in [6.07, 6.45) is 8.15. The molecule has 0 saturated heterocycles. The molecule has 1 N–H and O–H groups in total. The number of nitrogens with one attached hydrogen (secondary N) is 1. The van der Waals surface area contributed by atoms with Crippen LogP contribution in [0.15, 0.2) is 29.3 Å². The van der Waals surface area contributed by atoms with E-state index in [-0.39, 0.29) is 0 Å². The summed E-state index contributed by atoms with van der Waals surface area (Å²) in [4.78, 5) is 11.3. The molecule has 5 rings (SSSR count). The number of rotatable bonds is 6. The van der Waals surface area contributed by atoms with Crippen LogP contribution in [-0.2, 0) is 6.54 Å². The van der Waals surface area contributed by atoms with Gasteiger partial charge in [0, 0.05) is 16.1 Å². The van der Waals surface area contributed by atoms with Gasteiger partial charge in [-0.05, 0) is 45.1 Å². The summed E-state index contributed by atoms with van der Waals surface area (Å²) in [7, 11) is 0. The first-order valence-electron chi connectivity index (χ1n) is 11.3. The third-order valence-electron chi connectivity index (χ3n) is 6.18. The van der Waals surface area contributed by atoms with Crippen molar-refractivity contribution in [2.75, 3.05) is 11.6 Å². The number of aromatic nitrogens is 7. The molecule has 1 aliphatic rings. The zero-order chi connectivity index (χ0) is 22.9. The first kappa shape index (κ1) is 22.2. The van der Waals surface area contributed by atoms with E-state index in [2.05, 4.69) is 22.3 Å². The van der Waals surface area contributed by atoms with E-state index in [0.29, 0.717) is 29.3 Å². The summed E-state index contributed by atoms with van der Waals surface area (Å²) in [6, 6.07) is 8.19. The molecule has 3 heterocycles. The van der Waals surface area contributed by atoms with Crippen LogP contribution < -0.4 is 5.32 Å². The molecular formula is C23H27ClN8S. The summed E-state index contributed by atoms with van der Waals surface area (Å²) in [5.41, 5.74) is 4.82. The molecule has 0 atom stereocenters. The zero-order valence-electron chi connectivity index (χ0n) is 19.0. The van der Waals surface area contributed by atoms with Gasteiger partial charge in [0.15, 0.2) is 0 Å². The molecule has 0 bridgehead atoms. The third-order valence-corrected chi connectivity index (χ3v) is 7.20. The number of hydrogen-bond donors (Lipinski definition) is 1. The Kier molecular flexibility index (Phi) is 6.25. The van der Waals surface area contributed by atoms with E-state index in [1.54, 1.807) is 16.3 Å². The number of anilines is 1. The summed E-state index contributed by atoms with van der Waals surface area (Å²) >= 11 is 7.87. The number of benzene rings is 1. The zero-order valence-corrected chi connectivity index (χ0v) is 20.6. The highest BCUT2D eigenvalue weighted by Gasteiger charge is 2.20. The van der Waals surface area contributed by atoms with Gasteiger partial charge < -0.3 is 5.32 Å². The largest absolute Gasteiger partial charge is 0.347 e. The second kappa shape index (κ2) is 9.30. The predicted octanol–water partition coefficient (Wildman–Crippen LogP) is 5.49. The van der Waals surface area contributed by atoms with Gasteiger partial charge in [-0.2, -0.15) is 24.5 Å². The van der Waals surface area contributed by atoms with Crippen molar-refractivity contribution >= 4 is 35.1 Å². The lowest BCUT2D eigenvalue weighted by atomic mass is 9.96. The molecule has 0 radical (unpaired) electrons. The number of nitrogens with zero attached hydrogens (tertiary/aromatic N) is 7. The normalized spacial score (nSPS) is 14.8. The molecule has 0 amide bonds. The SMILES string of the molecule is CSc1nc2nc(NCc3nn(C4CCCCC4)nc3C)nn2c(-c2cccc(Cl)c2)c1C. The number of halogens is 1. The average molecular weight is 483 g/mol. The van der Waals surface area contributed by atoms with E-state index in [9.17, 15) is 0 Å². The van der Waals surface area contributed by atoms with Crippen LogP contribution in [0, 0.1) is 13.8 Å². The molecule has 1 aliphatic carbocycles. The van der Waals surface area contributed by atoms with Crippen LogP contribution in [0.1, 0.15) is 55.1 Å². The molecule has 0 unspecified atom stereocenters. The van der Waals surface area contributed by atoms with E-state index >= 15 is 0 Å². The van der Waals surface area contributed by atoms with Crippen LogP contribution in [0.25, 0.3) is 17.0 Å². The lowest BCUT2D eigenvalue weighted by Crippen LogP contribution is -2.16. The number of aryl methyl sites for hydroxylation is 1. The highest BCUT2D eigenvalue weighted by molar-refractivity contribution is 7.98.